The summed E-state index contributed by atoms with van der Waals surface area (Å²) in [4.78, 5) is 7.76. The van der Waals surface area contributed by atoms with Crippen LogP contribution in [0.3, 0.4) is 0 Å². The van der Waals surface area contributed by atoms with E-state index in [4.69, 9.17) is 4.74 Å². The predicted octanol–water partition coefficient (Wildman–Crippen LogP) is 3.32. The molecule has 7 heteroatoms. The van der Waals surface area contributed by atoms with Gasteiger partial charge in [0.15, 0.2) is 0 Å². The standard InChI is InChI=1S/C17H19N3O3S/c1-3-17-18-15-10-5-12(11-16(15)19-17)20-24(21,22)14-8-6-13(7-9-14)23-4-2/h5-11,20H,3-4H2,1-2H3,(H,18,19). The maximum absolute atomic E-state index is 12.5. The topological polar surface area (TPSA) is 84.1 Å². The highest BCUT2D eigenvalue weighted by molar-refractivity contribution is 7.92. The second-order valence-electron chi connectivity index (χ2n) is 5.28. The van der Waals surface area contributed by atoms with E-state index in [1.54, 1.807) is 30.3 Å². The van der Waals surface area contributed by atoms with Crippen LogP contribution in [0, 0.1) is 0 Å². The SMILES string of the molecule is CCOc1ccc(S(=O)(=O)Nc2ccc3nc(CC)[nH]c3c2)cc1. The quantitative estimate of drug-likeness (QED) is 0.718. The molecule has 0 aliphatic carbocycles. The average molecular weight is 345 g/mol. The van der Waals surface area contributed by atoms with Crippen molar-refractivity contribution in [3.05, 3.63) is 48.3 Å². The molecule has 0 fully saturated rings. The molecule has 0 amide bonds. The van der Waals surface area contributed by atoms with Crippen LogP contribution in [-0.2, 0) is 16.4 Å². The summed E-state index contributed by atoms with van der Waals surface area (Å²) in [6, 6.07) is 11.6. The molecule has 6 nitrogen and oxygen atoms in total. The minimum atomic E-state index is -3.65. The van der Waals surface area contributed by atoms with Gasteiger partial charge in [0.2, 0.25) is 0 Å². The van der Waals surface area contributed by atoms with Gasteiger partial charge in [-0.25, -0.2) is 13.4 Å². The fourth-order valence-electron chi connectivity index (χ4n) is 2.39. The van der Waals surface area contributed by atoms with E-state index in [0.717, 1.165) is 23.3 Å². The zero-order valence-electron chi connectivity index (χ0n) is 13.5. The molecule has 24 heavy (non-hydrogen) atoms. The monoisotopic (exact) mass is 345 g/mol. The molecule has 3 aromatic rings. The highest BCUT2D eigenvalue weighted by Crippen LogP contribution is 2.22. The summed E-state index contributed by atoms with van der Waals surface area (Å²) >= 11 is 0. The fraction of sp³-hybridized carbons (Fsp3) is 0.235. The number of aryl methyl sites for hydroxylation is 1. The average Bonchev–Trinajstić information content (AvgIpc) is 2.98. The summed E-state index contributed by atoms with van der Waals surface area (Å²) in [6.07, 6.45) is 0.794. The first-order valence-corrected chi connectivity index (χ1v) is 9.24. The summed E-state index contributed by atoms with van der Waals surface area (Å²) < 4.78 is 32.9. The number of rotatable bonds is 6. The van der Waals surface area contributed by atoms with Crippen molar-refractivity contribution >= 4 is 26.7 Å². The van der Waals surface area contributed by atoms with Gasteiger partial charge < -0.3 is 9.72 Å². The van der Waals surface area contributed by atoms with Crippen LogP contribution < -0.4 is 9.46 Å². The van der Waals surface area contributed by atoms with Gasteiger partial charge in [0.25, 0.3) is 10.0 Å². The lowest BCUT2D eigenvalue weighted by atomic mass is 10.3. The van der Waals surface area contributed by atoms with Crippen molar-refractivity contribution in [1.82, 2.24) is 9.97 Å². The Balaban J connectivity index is 1.85. The molecule has 0 aliphatic rings. The summed E-state index contributed by atoms with van der Waals surface area (Å²) in [5.41, 5.74) is 2.11. The van der Waals surface area contributed by atoms with Crippen LogP contribution >= 0.6 is 0 Å². The van der Waals surface area contributed by atoms with E-state index in [1.165, 1.54) is 12.1 Å². The molecule has 1 heterocycles. The maximum Gasteiger partial charge on any atom is 0.261 e. The summed E-state index contributed by atoms with van der Waals surface area (Å²) in [7, 11) is -3.65. The Bertz CT molecular complexity index is 947. The Hall–Kier alpha value is -2.54. The van der Waals surface area contributed by atoms with E-state index in [0.29, 0.717) is 18.0 Å². The first-order valence-electron chi connectivity index (χ1n) is 7.76. The number of ether oxygens (including phenoxy) is 1. The lowest BCUT2D eigenvalue weighted by Gasteiger charge is -2.09. The van der Waals surface area contributed by atoms with E-state index in [1.807, 2.05) is 13.8 Å². The summed E-state index contributed by atoms with van der Waals surface area (Å²) in [5, 5.41) is 0. The highest BCUT2D eigenvalue weighted by atomic mass is 32.2. The van der Waals surface area contributed by atoms with Crippen molar-refractivity contribution in [3.63, 3.8) is 0 Å². The first-order chi connectivity index (χ1) is 11.5. The van der Waals surface area contributed by atoms with E-state index in [-0.39, 0.29) is 4.90 Å². The van der Waals surface area contributed by atoms with Crippen LogP contribution in [0.2, 0.25) is 0 Å². The predicted molar refractivity (Wildman–Crippen MR) is 93.9 cm³/mol. The molecule has 126 valence electrons. The number of benzene rings is 2. The van der Waals surface area contributed by atoms with Crippen molar-refractivity contribution < 1.29 is 13.2 Å². The van der Waals surface area contributed by atoms with Gasteiger partial charge in [-0.1, -0.05) is 6.92 Å². The van der Waals surface area contributed by atoms with Gasteiger partial charge >= 0.3 is 0 Å². The molecule has 0 unspecified atom stereocenters. The number of anilines is 1. The number of aromatic amines is 1. The third-order valence-corrected chi connectivity index (χ3v) is 4.96. The number of nitrogens with zero attached hydrogens (tertiary/aromatic N) is 1. The fourth-order valence-corrected chi connectivity index (χ4v) is 3.44. The Morgan fingerprint density at radius 1 is 1.12 bits per heavy atom. The number of sulfonamides is 1. The smallest absolute Gasteiger partial charge is 0.261 e. The molecule has 2 aromatic carbocycles. The van der Waals surface area contributed by atoms with Gasteiger partial charge in [0, 0.05) is 6.42 Å². The van der Waals surface area contributed by atoms with Crippen molar-refractivity contribution in [3.8, 4) is 5.75 Å². The summed E-state index contributed by atoms with van der Waals surface area (Å²) in [6.45, 7) is 4.42. The number of aromatic nitrogens is 2. The maximum atomic E-state index is 12.5. The van der Waals surface area contributed by atoms with Gasteiger partial charge in [0.1, 0.15) is 11.6 Å². The number of fused-ring (bicyclic) bond motifs is 1. The molecule has 2 N–H and O–H groups in total. The molecule has 0 bridgehead atoms. The molecule has 0 saturated carbocycles. The van der Waals surface area contributed by atoms with Crippen LogP contribution in [0.25, 0.3) is 11.0 Å². The van der Waals surface area contributed by atoms with Crippen LogP contribution in [0.15, 0.2) is 47.4 Å². The van der Waals surface area contributed by atoms with Crippen molar-refractivity contribution in [2.75, 3.05) is 11.3 Å². The molecular formula is C17H19N3O3S. The van der Waals surface area contributed by atoms with Gasteiger partial charge in [-0.15, -0.1) is 0 Å². The third-order valence-electron chi connectivity index (χ3n) is 3.56. The lowest BCUT2D eigenvalue weighted by molar-refractivity contribution is 0.340. The zero-order chi connectivity index (χ0) is 17.2. The largest absolute Gasteiger partial charge is 0.494 e. The number of imidazole rings is 1. The Morgan fingerprint density at radius 2 is 1.88 bits per heavy atom. The van der Waals surface area contributed by atoms with Gasteiger partial charge in [-0.05, 0) is 49.4 Å². The minimum absolute atomic E-state index is 0.185. The molecule has 0 atom stereocenters. The van der Waals surface area contributed by atoms with E-state index < -0.39 is 10.0 Å². The lowest BCUT2D eigenvalue weighted by Crippen LogP contribution is -2.12. The molecule has 0 saturated heterocycles. The molecule has 0 spiro atoms. The molecule has 3 rings (SSSR count). The normalized spacial score (nSPS) is 11.6. The van der Waals surface area contributed by atoms with Gasteiger partial charge in [0.05, 0.1) is 28.2 Å². The van der Waals surface area contributed by atoms with Crippen LogP contribution in [0.4, 0.5) is 5.69 Å². The van der Waals surface area contributed by atoms with Crippen LogP contribution in [0.5, 0.6) is 5.75 Å². The molecule has 0 radical (unpaired) electrons. The first kappa shape index (κ1) is 16.3. The number of H-pyrrole nitrogens is 1. The second-order valence-corrected chi connectivity index (χ2v) is 6.96. The van der Waals surface area contributed by atoms with E-state index in [2.05, 4.69) is 14.7 Å². The van der Waals surface area contributed by atoms with Crippen LogP contribution in [0.1, 0.15) is 19.7 Å². The van der Waals surface area contributed by atoms with Gasteiger partial charge in [-0.2, -0.15) is 0 Å². The number of hydrogen-bond acceptors (Lipinski definition) is 4. The van der Waals surface area contributed by atoms with E-state index >= 15 is 0 Å². The van der Waals surface area contributed by atoms with Crippen molar-refractivity contribution in [2.45, 2.75) is 25.2 Å². The molecular weight excluding hydrogens is 326 g/mol. The van der Waals surface area contributed by atoms with E-state index in [9.17, 15) is 8.42 Å². The molecule has 1 aromatic heterocycles. The van der Waals surface area contributed by atoms with Crippen molar-refractivity contribution in [2.24, 2.45) is 0 Å². The minimum Gasteiger partial charge on any atom is -0.494 e. The number of hydrogen-bond donors (Lipinski definition) is 2. The van der Waals surface area contributed by atoms with Crippen molar-refractivity contribution in [1.29, 1.82) is 0 Å². The highest BCUT2D eigenvalue weighted by Gasteiger charge is 2.15. The zero-order valence-corrected chi connectivity index (χ0v) is 14.4. The van der Waals surface area contributed by atoms with Gasteiger partial charge in [-0.3, -0.25) is 4.72 Å². The Kier molecular flexibility index (Phi) is 4.44. The second kappa shape index (κ2) is 6.52. The summed E-state index contributed by atoms with van der Waals surface area (Å²) in [5.74, 6) is 1.51. The van der Waals surface area contributed by atoms with Crippen LogP contribution in [-0.4, -0.2) is 25.0 Å². The molecule has 0 aliphatic heterocycles. The Morgan fingerprint density at radius 3 is 2.54 bits per heavy atom. The number of nitrogens with one attached hydrogen (secondary N) is 2. The Labute approximate surface area is 140 Å². The third kappa shape index (κ3) is 3.35.